The van der Waals surface area contributed by atoms with Gasteiger partial charge in [-0.2, -0.15) is 26.3 Å². The summed E-state index contributed by atoms with van der Waals surface area (Å²) < 4.78 is 71.3. The zero-order valence-electron chi connectivity index (χ0n) is 23.6. The van der Waals surface area contributed by atoms with Crippen LogP contribution in [0.5, 0.6) is 0 Å². The highest BCUT2D eigenvalue weighted by Crippen LogP contribution is 2.26. The third kappa shape index (κ3) is 14.3. The van der Waals surface area contributed by atoms with Crippen LogP contribution >= 0.6 is 63.7 Å². The number of hydrogen-bond acceptors (Lipinski definition) is 5. The van der Waals surface area contributed by atoms with Gasteiger partial charge in [0.2, 0.25) is 0 Å². The predicted octanol–water partition coefficient (Wildman–Crippen LogP) is 6.85. The van der Waals surface area contributed by atoms with Gasteiger partial charge in [-0.15, -0.1) is 0 Å². The summed E-state index contributed by atoms with van der Waals surface area (Å²) in [5.41, 5.74) is 15.9. The average Bonchev–Trinajstić information content (AvgIpc) is 3.13. The summed E-state index contributed by atoms with van der Waals surface area (Å²) in [7, 11) is 0. The van der Waals surface area contributed by atoms with E-state index >= 15 is 0 Å². The fourth-order valence-electron chi connectivity index (χ4n) is 3.86. The Kier molecular flexibility index (Phi) is 17.3. The van der Waals surface area contributed by atoms with Crippen LogP contribution in [0.15, 0.2) is 59.1 Å². The summed E-state index contributed by atoms with van der Waals surface area (Å²) >= 11 is 14.3. The molecule has 2 aromatic carbocycles. The molecular formula is C27H28Br4F6N4O5. The Morgan fingerprint density at radius 2 is 0.891 bits per heavy atom. The van der Waals surface area contributed by atoms with Crippen LogP contribution in [0.4, 0.5) is 26.3 Å². The number of aliphatic carboxylic acids is 2. The Labute approximate surface area is 292 Å². The molecule has 46 heavy (non-hydrogen) atoms. The van der Waals surface area contributed by atoms with Crippen molar-refractivity contribution >= 4 is 75.7 Å². The number of nitrogens with zero attached hydrogens (tertiary/aromatic N) is 2. The van der Waals surface area contributed by atoms with E-state index in [0.717, 1.165) is 53.2 Å². The van der Waals surface area contributed by atoms with E-state index in [-0.39, 0.29) is 5.69 Å². The molecule has 19 heteroatoms. The number of alkyl halides is 6. The SMILES string of the molecule is NCCCn1c(Cc2cc(Br)cc(Br)c2)c(Cc2cc(Br)cc(Br)c2)n(CCCN)c1=O.O=C(O)C(F)(F)F.O=C(O)C(F)(F)F. The van der Waals surface area contributed by atoms with E-state index in [0.29, 0.717) is 39.0 Å². The number of carboxylic acids is 2. The van der Waals surface area contributed by atoms with Crippen molar-refractivity contribution in [2.75, 3.05) is 13.1 Å². The van der Waals surface area contributed by atoms with Crippen LogP contribution in [0.2, 0.25) is 0 Å². The fraction of sp³-hybridized carbons (Fsp3) is 0.370. The summed E-state index contributed by atoms with van der Waals surface area (Å²) in [6, 6.07) is 12.4. The van der Waals surface area contributed by atoms with Gasteiger partial charge >= 0.3 is 30.0 Å². The third-order valence-corrected chi connectivity index (χ3v) is 7.52. The van der Waals surface area contributed by atoms with Gasteiger partial charge in [0.05, 0.1) is 0 Å². The zero-order chi connectivity index (χ0) is 35.4. The number of imidazole rings is 1. The second-order valence-corrected chi connectivity index (χ2v) is 12.9. The molecule has 0 fully saturated rings. The van der Waals surface area contributed by atoms with Gasteiger partial charge in [-0.1, -0.05) is 63.7 Å². The van der Waals surface area contributed by atoms with Crippen molar-refractivity contribution in [1.29, 1.82) is 0 Å². The van der Waals surface area contributed by atoms with Gasteiger partial charge in [-0.25, -0.2) is 14.4 Å². The van der Waals surface area contributed by atoms with Crippen LogP contribution in [-0.4, -0.2) is 56.7 Å². The molecule has 0 saturated heterocycles. The highest BCUT2D eigenvalue weighted by molar-refractivity contribution is 9.11. The first kappa shape index (κ1) is 41.8. The molecule has 3 rings (SSSR count). The maximum atomic E-state index is 13.5. The van der Waals surface area contributed by atoms with E-state index in [4.69, 9.17) is 31.3 Å². The van der Waals surface area contributed by atoms with Crippen molar-refractivity contribution in [3.05, 3.63) is 87.3 Å². The molecule has 0 radical (unpaired) electrons. The number of carboxylic acid groups (broad SMARTS) is 2. The molecule has 3 aromatic rings. The van der Waals surface area contributed by atoms with Crippen molar-refractivity contribution < 1.29 is 46.1 Å². The van der Waals surface area contributed by atoms with Crippen LogP contribution in [-0.2, 0) is 35.5 Å². The Morgan fingerprint density at radius 3 is 1.11 bits per heavy atom. The smallest absolute Gasteiger partial charge is 0.475 e. The molecule has 0 aliphatic rings. The van der Waals surface area contributed by atoms with Gasteiger partial charge in [0.25, 0.3) is 0 Å². The lowest BCUT2D eigenvalue weighted by Gasteiger charge is -2.13. The Balaban J connectivity index is 0.000000629. The maximum Gasteiger partial charge on any atom is 0.490 e. The van der Waals surface area contributed by atoms with Crippen LogP contribution in [0, 0.1) is 0 Å². The van der Waals surface area contributed by atoms with Crippen LogP contribution in [0.3, 0.4) is 0 Å². The van der Waals surface area contributed by atoms with E-state index in [1.807, 2.05) is 21.3 Å². The molecule has 0 aliphatic carbocycles. The van der Waals surface area contributed by atoms with Crippen molar-refractivity contribution in [2.24, 2.45) is 11.5 Å². The van der Waals surface area contributed by atoms with E-state index in [1.165, 1.54) is 0 Å². The molecule has 256 valence electrons. The predicted molar refractivity (Wildman–Crippen MR) is 173 cm³/mol. The Hall–Kier alpha value is -2.19. The molecule has 9 nitrogen and oxygen atoms in total. The molecule has 0 unspecified atom stereocenters. The summed E-state index contributed by atoms with van der Waals surface area (Å²) in [5.74, 6) is -5.51. The molecule has 1 aromatic heterocycles. The van der Waals surface area contributed by atoms with E-state index in [1.54, 1.807) is 0 Å². The molecule has 0 aliphatic heterocycles. The van der Waals surface area contributed by atoms with E-state index in [9.17, 15) is 31.1 Å². The highest BCUT2D eigenvalue weighted by Gasteiger charge is 2.38. The standard InChI is InChI=1S/C23H26Br4N4O.2C2HF3O2/c24-17-7-15(8-18(25)13-17)11-21-22(12-16-9-19(26)14-20(27)10-16)31(6-2-4-29)23(32)30(21)5-1-3-28;2*3-2(4,5)1(6)7/h7-10,13-14H,1-6,11-12,28-29H2;2*(H,6,7). The summed E-state index contributed by atoms with van der Waals surface area (Å²) in [6.45, 7) is 2.28. The average molecular weight is 922 g/mol. The zero-order valence-corrected chi connectivity index (χ0v) is 29.9. The van der Waals surface area contributed by atoms with Gasteiger partial charge in [0.15, 0.2) is 0 Å². The van der Waals surface area contributed by atoms with Crippen LogP contribution in [0.1, 0.15) is 35.4 Å². The quantitative estimate of drug-likeness (QED) is 0.163. The molecule has 0 amide bonds. The third-order valence-electron chi connectivity index (χ3n) is 5.69. The van der Waals surface area contributed by atoms with Gasteiger partial charge in [-0.05, 0) is 73.5 Å². The van der Waals surface area contributed by atoms with Gasteiger partial charge in [0.1, 0.15) is 0 Å². The lowest BCUT2D eigenvalue weighted by Crippen LogP contribution is -2.27. The fourth-order valence-corrected chi connectivity index (χ4v) is 6.63. The number of halogens is 10. The maximum absolute atomic E-state index is 13.5. The minimum Gasteiger partial charge on any atom is -0.475 e. The lowest BCUT2D eigenvalue weighted by atomic mass is 10.0. The lowest BCUT2D eigenvalue weighted by molar-refractivity contribution is -0.193. The first-order valence-electron chi connectivity index (χ1n) is 12.9. The minimum absolute atomic E-state index is 0.0139. The summed E-state index contributed by atoms with van der Waals surface area (Å²) in [4.78, 5) is 31.3. The number of benzene rings is 2. The van der Waals surface area contributed by atoms with E-state index in [2.05, 4.69) is 88.0 Å². The normalized spacial score (nSPS) is 11.3. The van der Waals surface area contributed by atoms with Crippen molar-refractivity contribution in [3.8, 4) is 0 Å². The van der Waals surface area contributed by atoms with E-state index < -0.39 is 24.3 Å². The first-order valence-corrected chi connectivity index (χ1v) is 16.1. The first-order chi connectivity index (χ1) is 21.2. The van der Waals surface area contributed by atoms with Crippen molar-refractivity contribution in [2.45, 2.75) is 51.1 Å². The second-order valence-electron chi connectivity index (χ2n) is 9.28. The van der Waals surface area contributed by atoms with Gasteiger partial charge in [0, 0.05) is 55.2 Å². The molecule has 1 heterocycles. The van der Waals surface area contributed by atoms with Crippen LogP contribution < -0.4 is 17.2 Å². The van der Waals surface area contributed by atoms with Crippen molar-refractivity contribution in [3.63, 3.8) is 0 Å². The Morgan fingerprint density at radius 1 is 0.630 bits per heavy atom. The Bertz CT molecular complexity index is 1390. The summed E-state index contributed by atoms with van der Waals surface area (Å²) in [5, 5.41) is 14.2. The van der Waals surface area contributed by atoms with Gasteiger partial charge in [-0.3, -0.25) is 9.13 Å². The van der Waals surface area contributed by atoms with Crippen LogP contribution in [0.25, 0.3) is 0 Å². The molecule has 6 N–H and O–H groups in total. The largest absolute Gasteiger partial charge is 0.490 e. The second kappa shape index (κ2) is 19.0. The van der Waals surface area contributed by atoms with Gasteiger partial charge < -0.3 is 21.7 Å². The molecular weight excluding hydrogens is 894 g/mol. The highest BCUT2D eigenvalue weighted by atomic mass is 79.9. The number of rotatable bonds is 10. The molecule has 0 saturated carbocycles. The monoisotopic (exact) mass is 918 g/mol. The number of hydrogen-bond donors (Lipinski definition) is 4. The van der Waals surface area contributed by atoms with Crippen molar-refractivity contribution in [1.82, 2.24) is 9.13 Å². The summed E-state index contributed by atoms with van der Waals surface area (Å²) in [6.07, 6.45) is -7.37. The molecule has 0 bridgehead atoms. The number of aromatic nitrogens is 2. The minimum atomic E-state index is -5.08. The number of carbonyl (C=O) groups is 2. The molecule has 0 spiro atoms. The molecule has 0 atom stereocenters. The number of nitrogens with two attached hydrogens (primary N) is 2. The topological polar surface area (TPSA) is 154 Å².